The second-order valence-corrected chi connectivity index (χ2v) is 7.03. The second-order valence-electron chi connectivity index (χ2n) is 7.03. The summed E-state index contributed by atoms with van der Waals surface area (Å²) in [6, 6.07) is 6.46. The molecule has 1 fully saturated rings. The maximum Gasteiger partial charge on any atom is 0.196 e. The first-order valence-corrected chi connectivity index (χ1v) is 9.19. The van der Waals surface area contributed by atoms with Crippen LogP contribution in [0.2, 0.25) is 0 Å². The minimum absolute atomic E-state index is 0.199. The third-order valence-corrected chi connectivity index (χ3v) is 5.34. The van der Waals surface area contributed by atoms with E-state index in [-0.39, 0.29) is 5.88 Å². The van der Waals surface area contributed by atoms with E-state index in [9.17, 15) is 5.11 Å². The highest BCUT2D eigenvalue weighted by Gasteiger charge is 2.17. The summed E-state index contributed by atoms with van der Waals surface area (Å²) in [7, 11) is 0. The van der Waals surface area contributed by atoms with Gasteiger partial charge in [0.15, 0.2) is 17.3 Å². The molecule has 0 amide bonds. The predicted molar refractivity (Wildman–Crippen MR) is 102 cm³/mol. The summed E-state index contributed by atoms with van der Waals surface area (Å²) in [5, 5.41) is 15.2. The number of imidazole rings is 1. The van der Waals surface area contributed by atoms with Crippen molar-refractivity contribution in [1.82, 2.24) is 19.4 Å². The summed E-state index contributed by atoms with van der Waals surface area (Å²) < 4.78 is 2.08. The summed E-state index contributed by atoms with van der Waals surface area (Å²) in [5.74, 6) is 1.05. The lowest BCUT2D eigenvalue weighted by Gasteiger charge is -2.23. The van der Waals surface area contributed by atoms with E-state index in [1.807, 2.05) is 36.9 Å². The Labute approximate surface area is 150 Å². The SMILES string of the molecule is Oc1[nH]cc2cc(-c3cnc(NC4CCCCC4)c4nccn34)ccc12. The fraction of sp³-hybridized carbons (Fsp3) is 0.300. The lowest BCUT2D eigenvalue weighted by molar-refractivity contribution is 0.462. The van der Waals surface area contributed by atoms with Crippen LogP contribution in [0.1, 0.15) is 32.1 Å². The number of aromatic nitrogens is 4. The molecule has 1 aliphatic rings. The molecule has 1 aromatic carbocycles. The van der Waals surface area contributed by atoms with E-state index in [1.54, 1.807) is 0 Å². The highest BCUT2D eigenvalue weighted by atomic mass is 16.3. The van der Waals surface area contributed by atoms with Gasteiger partial charge < -0.3 is 15.4 Å². The van der Waals surface area contributed by atoms with E-state index < -0.39 is 0 Å². The Bertz CT molecular complexity index is 1070. The lowest BCUT2D eigenvalue weighted by atomic mass is 9.95. The Hall–Kier alpha value is -3.02. The average molecular weight is 347 g/mol. The van der Waals surface area contributed by atoms with Gasteiger partial charge in [-0.15, -0.1) is 0 Å². The van der Waals surface area contributed by atoms with Gasteiger partial charge in [0.2, 0.25) is 0 Å². The van der Waals surface area contributed by atoms with Crippen molar-refractivity contribution in [1.29, 1.82) is 0 Å². The quantitative estimate of drug-likeness (QED) is 0.515. The number of hydrogen-bond acceptors (Lipinski definition) is 4. The number of benzene rings is 1. The summed E-state index contributed by atoms with van der Waals surface area (Å²) >= 11 is 0. The number of aromatic hydroxyl groups is 1. The summed E-state index contributed by atoms with van der Waals surface area (Å²) in [6.07, 6.45) is 13.8. The zero-order valence-corrected chi connectivity index (χ0v) is 14.4. The van der Waals surface area contributed by atoms with Crippen LogP contribution in [-0.4, -0.2) is 30.5 Å². The normalized spacial score (nSPS) is 15.7. The number of rotatable bonds is 3. The smallest absolute Gasteiger partial charge is 0.196 e. The van der Waals surface area contributed by atoms with Crippen molar-refractivity contribution in [3.63, 3.8) is 0 Å². The Morgan fingerprint density at radius 1 is 1.15 bits per heavy atom. The molecule has 132 valence electrons. The first kappa shape index (κ1) is 15.3. The first-order valence-electron chi connectivity index (χ1n) is 9.19. The molecule has 0 atom stereocenters. The second kappa shape index (κ2) is 6.05. The van der Waals surface area contributed by atoms with Gasteiger partial charge in [-0.05, 0) is 25.0 Å². The third kappa shape index (κ3) is 2.49. The van der Waals surface area contributed by atoms with E-state index in [0.717, 1.165) is 33.5 Å². The molecule has 0 aliphatic heterocycles. The van der Waals surface area contributed by atoms with Crippen LogP contribution < -0.4 is 5.32 Å². The van der Waals surface area contributed by atoms with Crippen molar-refractivity contribution in [3.05, 3.63) is 43.0 Å². The van der Waals surface area contributed by atoms with E-state index in [0.29, 0.717) is 6.04 Å². The van der Waals surface area contributed by atoms with E-state index >= 15 is 0 Å². The molecule has 0 unspecified atom stereocenters. The lowest BCUT2D eigenvalue weighted by Crippen LogP contribution is -2.23. The van der Waals surface area contributed by atoms with Crippen molar-refractivity contribution < 1.29 is 5.11 Å². The van der Waals surface area contributed by atoms with E-state index in [2.05, 4.69) is 30.7 Å². The third-order valence-electron chi connectivity index (χ3n) is 5.34. The monoisotopic (exact) mass is 347 g/mol. The van der Waals surface area contributed by atoms with Crippen LogP contribution >= 0.6 is 0 Å². The van der Waals surface area contributed by atoms with Crippen LogP contribution in [0, 0.1) is 0 Å². The zero-order chi connectivity index (χ0) is 17.5. The Morgan fingerprint density at radius 3 is 2.92 bits per heavy atom. The molecule has 3 aromatic heterocycles. The van der Waals surface area contributed by atoms with Gasteiger partial charge in [0.25, 0.3) is 0 Å². The number of nitrogens with one attached hydrogen (secondary N) is 2. The number of hydrogen-bond donors (Lipinski definition) is 3. The number of H-pyrrole nitrogens is 1. The van der Waals surface area contributed by atoms with Crippen molar-refractivity contribution >= 4 is 22.2 Å². The number of fused-ring (bicyclic) bond motifs is 2. The molecule has 6 nitrogen and oxygen atoms in total. The summed E-state index contributed by atoms with van der Waals surface area (Å²) in [6.45, 7) is 0. The van der Waals surface area contributed by atoms with Crippen LogP contribution in [0.4, 0.5) is 5.82 Å². The van der Waals surface area contributed by atoms with Gasteiger partial charge in [0.1, 0.15) is 0 Å². The molecule has 0 saturated heterocycles. The fourth-order valence-electron chi connectivity index (χ4n) is 3.96. The molecular weight excluding hydrogens is 326 g/mol. The predicted octanol–water partition coefficient (Wildman–Crippen LogP) is 4.33. The Kier molecular flexibility index (Phi) is 3.55. The minimum Gasteiger partial charge on any atom is -0.494 e. The van der Waals surface area contributed by atoms with Gasteiger partial charge in [-0.2, -0.15) is 0 Å². The molecule has 26 heavy (non-hydrogen) atoms. The van der Waals surface area contributed by atoms with Crippen LogP contribution in [0.25, 0.3) is 27.7 Å². The maximum atomic E-state index is 9.81. The molecule has 0 spiro atoms. The Balaban J connectivity index is 1.56. The topological polar surface area (TPSA) is 78.2 Å². The van der Waals surface area contributed by atoms with Gasteiger partial charge in [-0.1, -0.05) is 25.3 Å². The molecule has 3 N–H and O–H groups in total. The molecule has 5 rings (SSSR count). The molecule has 3 heterocycles. The highest BCUT2D eigenvalue weighted by molar-refractivity contribution is 5.91. The molecule has 1 saturated carbocycles. The van der Waals surface area contributed by atoms with Gasteiger partial charge in [-0.3, -0.25) is 4.40 Å². The van der Waals surface area contributed by atoms with Crippen molar-refractivity contribution in [3.8, 4) is 17.1 Å². The van der Waals surface area contributed by atoms with Crippen LogP contribution in [0.3, 0.4) is 0 Å². The summed E-state index contributed by atoms with van der Waals surface area (Å²) in [4.78, 5) is 12.1. The number of nitrogens with zero attached hydrogens (tertiary/aromatic N) is 3. The summed E-state index contributed by atoms with van der Waals surface area (Å²) in [5.41, 5.74) is 2.87. The van der Waals surface area contributed by atoms with Crippen LogP contribution in [0.5, 0.6) is 5.88 Å². The van der Waals surface area contributed by atoms with Crippen LogP contribution in [0.15, 0.2) is 43.0 Å². The average Bonchev–Trinajstić information content (AvgIpc) is 3.30. The molecule has 4 aromatic rings. The van der Waals surface area contributed by atoms with Gasteiger partial charge >= 0.3 is 0 Å². The first-order chi connectivity index (χ1) is 12.8. The van der Waals surface area contributed by atoms with Crippen LogP contribution in [-0.2, 0) is 0 Å². The van der Waals surface area contributed by atoms with Crippen molar-refractivity contribution in [2.75, 3.05) is 5.32 Å². The molecule has 0 radical (unpaired) electrons. The van der Waals surface area contributed by atoms with Gasteiger partial charge in [0.05, 0.1) is 11.9 Å². The zero-order valence-electron chi connectivity index (χ0n) is 14.4. The largest absolute Gasteiger partial charge is 0.494 e. The van der Waals surface area contributed by atoms with Gasteiger partial charge in [0, 0.05) is 41.0 Å². The number of anilines is 1. The van der Waals surface area contributed by atoms with Crippen molar-refractivity contribution in [2.24, 2.45) is 0 Å². The fourth-order valence-corrected chi connectivity index (χ4v) is 3.96. The molecule has 6 heteroatoms. The van der Waals surface area contributed by atoms with E-state index in [1.165, 1.54) is 32.1 Å². The number of aromatic amines is 1. The van der Waals surface area contributed by atoms with Gasteiger partial charge in [-0.25, -0.2) is 9.97 Å². The highest BCUT2D eigenvalue weighted by Crippen LogP contribution is 2.30. The standard InChI is InChI=1S/C20H21N5O/c26-20-16-7-6-13(10-14(16)11-23-20)17-12-22-18(19-21-8-9-25(17)19)24-15-4-2-1-3-5-15/h6-12,15,23,26H,1-5H2,(H,22,24). The minimum atomic E-state index is 0.199. The van der Waals surface area contributed by atoms with Crippen molar-refractivity contribution in [2.45, 2.75) is 38.1 Å². The van der Waals surface area contributed by atoms with E-state index in [4.69, 9.17) is 0 Å². The Morgan fingerprint density at radius 2 is 2.04 bits per heavy atom. The molecule has 1 aliphatic carbocycles. The molecular formula is C20H21N5O. The maximum absolute atomic E-state index is 9.81. The molecule has 0 bridgehead atoms.